The van der Waals surface area contributed by atoms with Gasteiger partial charge in [-0.05, 0) is 161 Å². The number of fused-ring (bicyclic) bond motifs is 4. The number of hydrogen-bond donors (Lipinski definition) is 12. The summed E-state index contributed by atoms with van der Waals surface area (Å²) in [4.78, 5) is 104. The van der Waals surface area contributed by atoms with Gasteiger partial charge in [-0.25, -0.2) is 38.6 Å². The highest BCUT2D eigenvalue weighted by Crippen LogP contribution is 2.60. The van der Waals surface area contributed by atoms with E-state index in [1.807, 2.05) is 30.3 Å². The van der Waals surface area contributed by atoms with Crippen LogP contribution in [0, 0.1) is 19.1 Å². The molecule has 2 aliphatic carbocycles. The first-order valence-corrected chi connectivity index (χ1v) is 46.9. The number of methoxy groups -OCH3 is 1. The van der Waals surface area contributed by atoms with E-state index in [1.165, 1.54) is 130 Å². The highest BCUT2D eigenvalue weighted by molar-refractivity contribution is 7.71. The number of nitrogens with one attached hydrogen (secondary N) is 8. The first-order valence-electron chi connectivity index (χ1n) is 39.1. The molecule has 52 heteroatoms. The average molecular weight is 1880 g/mol. The van der Waals surface area contributed by atoms with Gasteiger partial charge in [-0.1, -0.05) is 36.8 Å². The molecular formula is C71H98N12O32P4S4. The van der Waals surface area contributed by atoms with E-state index >= 15 is 0 Å². The third kappa shape index (κ3) is 22.1. The molecule has 678 valence electrons. The van der Waals surface area contributed by atoms with Gasteiger partial charge >= 0.3 is 54.9 Å². The van der Waals surface area contributed by atoms with Gasteiger partial charge in [0, 0.05) is 49.1 Å². The third-order valence-electron chi connectivity index (χ3n) is 21.6. The minimum Gasteiger partial charge on any atom is -0.468 e. The number of nitrogens with zero attached hydrogens (tertiary/aromatic N) is 4. The van der Waals surface area contributed by atoms with E-state index in [9.17, 15) is 77.0 Å². The molecule has 24 atom stereocenters. The molecule has 123 heavy (non-hydrogen) atoms. The minimum atomic E-state index is -3.99. The molecule has 12 heterocycles. The number of H-pyrrole nitrogens is 4. The van der Waals surface area contributed by atoms with E-state index in [-0.39, 0.29) is 75.4 Å². The molecule has 8 saturated heterocycles. The number of carbonyl (C=O) groups is 4. The van der Waals surface area contributed by atoms with Crippen LogP contribution in [0.25, 0.3) is 0 Å². The lowest BCUT2D eigenvalue weighted by Crippen LogP contribution is -2.49. The van der Waals surface area contributed by atoms with Gasteiger partial charge in [0.1, 0.15) is 114 Å². The lowest BCUT2D eigenvalue weighted by molar-refractivity contribution is -0.152. The Balaban J connectivity index is 0.000000150. The van der Waals surface area contributed by atoms with Gasteiger partial charge in [-0.3, -0.25) is 113 Å². The topological polar surface area (TPSA) is 564 Å². The number of aliphatic hydroxyl groups is 4. The van der Waals surface area contributed by atoms with Crippen molar-refractivity contribution in [3.63, 3.8) is 0 Å². The Kier molecular flexibility index (Phi) is 30.3. The van der Waals surface area contributed by atoms with Crippen LogP contribution in [0.4, 0.5) is 0 Å². The summed E-state index contributed by atoms with van der Waals surface area (Å²) < 4.78 is 146. The summed E-state index contributed by atoms with van der Waals surface area (Å²) in [6, 6.07) is 10.3. The Morgan fingerprint density at radius 1 is 0.431 bits per heavy atom. The van der Waals surface area contributed by atoms with Crippen molar-refractivity contribution in [1.82, 2.24) is 58.6 Å². The van der Waals surface area contributed by atoms with Crippen LogP contribution in [-0.4, -0.2) is 224 Å². The molecule has 5 aromatic rings. The molecule has 0 radical (unpaired) electrons. The second-order valence-corrected chi connectivity index (χ2v) is 39.9. The Morgan fingerprint density at radius 3 is 0.959 bits per heavy atom. The van der Waals surface area contributed by atoms with E-state index in [0.29, 0.717) is 0 Å². The highest BCUT2D eigenvalue weighted by atomic mass is 32.1. The van der Waals surface area contributed by atoms with Crippen molar-refractivity contribution < 1.29 is 132 Å². The van der Waals surface area contributed by atoms with Crippen LogP contribution >= 0.6 is 79.9 Å². The summed E-state index contributed by atoms with van der Waals surface area (Å²) in [6.45, 7) is 11.2. The fraction of sp³-hybridized carbons (Fsp3) is 0.634. The third-order valence-corrected chi connectivity index (χ3v) is 29.6. The smallest absolute Gasteiger partial charge is 0.406 e. The van der Waals surface area contributed by atoms with Crippen molar-refractivity contribution in [3.05, 3.63) is 145 Å². The summed E-state index contributed by atoms with van der Waals surface area (Å²) in [7, 11) is -14.6. The van der Waals surface area contributed by atoms with Crippen molar-refractivity contribution in [3.8, 4) is 0 Å². The number of benzene rings is 1. The molecule has 1 aromatic carbocycles. The van der Waals surface area contributed by atoms with Crippen LogP contribution < -0.4 is 42.6 Å². The van der Waals surface area contributed by atoms with Gasteiger partial charge in [-0.2, -0.15) is 0 Å². The molecule has 12 N–H and O–H groups in total. The van der Waals surface area contributed by atoms with Gasteiger partial charge in [0.05, 0.1) is 33.5 Å². The van der Waals surface area contributed by atoms with Crippen LogP contribution in [0.1, 0.15) is 144 Å². The van der Waals surface area contributed by atoms with Crippen LogP contribution in [0.15, 0.2) is 98.6 Å². The van der Waals surface area contributed by atoms with Crippen molar-refractivity contribution >= 4 is 104 Å². The van der Waals surface area contributed by atoms with E-state index in [0.717, 1.165) is 63.4 Å². The zero-order chi connectivity index (χ0) is 89.3. The molecule has 4 aromatic heterocycles. The predicted molar refractivity (Wildman–Crippen MR) is 435 cm³/mol. The molecule has 8 unspecified atom stereocenters. The molecule has 0 bridgehead atoms. The molecule has 10 fully saturated rings. The quantitative estimate of drug-likeness (QED) is 0.0198. The number of aromatic amines is 4. The van der Waals surface area contributed by atoms with Crippen molar-refractivity contribution in [2.45, 2.75) is 252 Å². The van der Waals surface area contributed by atoms with Crippen LogP contribution in [0.2, 0.25) is 0 Å². The van der Waals surface area contributed by atoms with E-state index in [4.69, 9.17) is 118 Å². The largest absolute Gasteiger partial charge is 0.468 e. The summed E-state index contributed by atoms with van der Waals surface area (Å²) in [6.07, 6.45) is 2.62. The van der Waals surface area contributed by atoms with Crippen molar-refractivity contribution in [2.24, 2.45) is 0 Å². The van der Waals surface area contributed by atoms with E-state index < -0.39 is 186 Å². The lowest BCUT2D eigenvalue weighted by Gasteiger charge is -2.36. The molecule has 0 amide bonds. The van der Waals surface area contributed by atoms with Gasteiger partial charge < -0.3 is 58.3 Å². The Hall–Kier alpha value is -6.38. The Morgan fingerprint density at radius 2 is 0.691 bits per heavy atom. The van der Waals surface area contributed by atoms with Crippen LogP contribution in [-0.2, 0) is 118 Å². The molecule has 15 rings (SSSR count). The molecule has 10 aliphatic rings. The van der Waals surface area contributed by atoms with Gasteiger partial charge in [0.25, 0.3) is 22.2 Å². The zero-order valence-electron chi connectivity index (χ0n) is 67.7. The number of carbonyl (C=O) groups excluding carboxylic acids is 4. The van der Waals surface area contributed by atoms with Gasteiger partial charge in [-0.15, -0.1) is 0 Å². The van der Waals surface area contributed by atoms with Crippen LogP contribution in [0.5, 0.6) is 0 Å². The fourth-order valence-corrected chi connectivity index (χ4v) is 23.3. The predicted octanol–water partition coefficient (Wildman–Crippen LogP) is 5.50. The number of aromatic nitrogens is 8. The maximum Gasteiger partial charge on any atom is 0.406 e. The molecule has 44 nitrogen and oxygen atoms in total. The molecule has 0 spiro atoms. The maximum atomic E-state index is 13.2. The summed E-state index contributed by atoms with van der Waals surface area (Å²) >= 11 is 20.6. The average Bonchev–Trinajstić information content (AvgIpc) is 1.61. The van der Waals surface area contributed by atoms with Crippen molar-refractivity contribution in [1.29, 1.82) is 0 Å². The second-order valence-electron chi connectivity index (χ2n) is 31.4. The standard InChI is InChI=1S/C20H24N3O8PS.C19H28N3O8PS.C18H26N3O8PS.C14H20N3O8PS/c1-12(17(25)28-10-13-6-4-3-5-7-13)22-32(27)29-11-14-16(31-32)20(2,26)18(30-14)23-9-8-15(24)21-19(23)33;1-11(16(24)28-12-6-4-3-5-7-12)21-31(26)27-10-13-15(30-31)19(2,25)17(29-13)22-9-8-14(23)20-18(22)32;1-10(15(23)27-11-5-3-4-6-11)20-30(25)26-9-12-14(29-30)18(2,24)16(28-12)21-8-7-13(22)19-17(21)31;1-7(11(19)22-3)16-26(21)23-6-8-10(25-26)14(2,20)12(24-8)17-5-4-9(18)15-13(17)27/h3-9,12,14,16,18,26H,10-11H2,1-2H3,(H,22,27)(H,21,24,33);8-9,11-13,15,17,25H,3-7,10H2,1-2H3,(H,21,26)(H,20,23,32);7-8,10-12,14,16,24H,3-6,9H2,1-2H3,(H,20,25)(H,19,22,31);4-5,7-8,10,12,20H,6H2,1-3H3,(H,16,21)(H,15,18,27)/t12-,14+,16-,18+,20?,32?;11-,13+,15-,17+,19?,31?;10-,12+,14-,16+,18?,30?;7-,8+,10-,12+,14?,26?/m0000/s1. The lowest BCUT2D eigenvalue weighted by atomic mass is 9.96. The van der Waals surface area contributed by atoms with E-state index in [1.54, 1.807) is 0 Å². The SMILES string of the molecule is COC(=O)[C@H](C)NP1(=O)OC[C@H]2O[C@@H](n3ccc(=O)[nH]c3=S)C(C)(O)[C@H]2O1.C[C@H](NP1(=O)OC[C@H]2O[C@@H](n3ccc(=O)[nH]c3=S)C(C)(O)[C@H]2O1)C(=O)OC1CCCC1.C[C@H](NP1(=O)OC[C@H]2O[C@@H](n3ccc(=O)[nH]c3=S)C(C)(O)[C@H]2O1)C(=O)OC1CCCCC1.C[C@H](NP1(=O)OC[C@H]2O[C@@H](n3ccc(=O)[nH]c3=S)C(C)(O)[C@H]2O1)C(=O)OCc1ccccc1. The zero-order valence-corrected chi connectivity index (χ0v) is 74.6. The minimum absolute atomic E-state index is 0.0448. The van der Waals surface area contributed by atoms with Crippen LogP contribution in [0.3, 0.4) is 0 Å². The molecule has 2 saturated carbocycles. The number of rotatable bonds is 20. The first-order chi connectivity index (χ1) is 57.8. The molecule has 8 aliphatic heterocycles. The Labute approximate surface area is 721 Å². The Bertz CT molecular complexity index is 5410. The summed E-state index contributed by atoms with van der Waals surface area (Å²) in [5.41, 5.74) is -7.40. The van der Waals surface area contributed by atoms with Crippen molar-refractivity contribution in [2.75, 3.05) is 33.5 Å². The number of ether oxygens (including phenoxy) is 8. The molecular weight excluding hydrogens is 1780 g/mol. The monoisotopic (exact) mass is 1880 g/mol. The second kappa shape index (κ2) is 38.9. The fourth-order valence-electron chi connectivity index (χ4n) is 15.2. The normalized spacial score (nSPS) is 35.5. The van der Waals surface area contributed by atoms with Gasteiger partial charge in [0.15, 0.2) is 44.0 Å². The summed E-state index contributed by atoms with van der Waals surface area (Å²) in [5, 5.41) is 54.7. The maximum absolute atomic E-state index is 13.2. The van der Waals surface area contributed by atoms with Gasteiger partial charge in [0.2, 0.25) is 0 Å². The first kappa shape index (κ1) is 95.7. The highest BCUT2D eigenvalue weighted by Gasteiger charge is 2.64. The number of hydrogen-bond acceptors (Lipinski definition) is 36. The van der Waals surface area contributed by atoms with E-state index in [2.05, 4.69) is 45.0 Å². The number of esters is 4. The summed E-state index contributed by atoms with van der Waals surface area (Å²) in [5.74, 6) is -2.36.